The van der Waals surface area contributed by atoms with Crippen molar-refractivity contribution in [2.24, 2.45) is 0 Å². The molecule has 192 valence electrons. The third kappa shape index (κ3) is 5.69. The number of rotatable bonds is 10. The molecule has 0 spiro atoms. The standard InChI is InChI=1S/C25H34N8O3/c1-6-22(34)27-18-15-19(21(35-5)16-20(18)32(4)10-9-31(2)3)28-25-29-23-17(7-8-26-23)24(30-25)33-11-13-36-14-12-33/h6-8,15-16H,1,9-14H2,2-5H3,(H,27,34)(H2,26,28,29,30). The van der Waals surface area contributed by atoms with Crippen molar-refractivity contribution in [1.29, 1.82) is 0 Å². The van der Waals surface area contributed by atoms with E-state index in [-0.39, 0.29) is 5.91 Å². The normalized spacial score (nSPS) is 13.6. The van der Waals surface area contributed by atoms with Gasteiger partial charge < -0.3 is 39.8 Å². The lowest BCUT2D eigenvalue weighted by Gasteiger charge is -2.28. The van der Waals surface area contributed by atoms with Gasteiger partial charge >= 0.3 is 0 Å². The molecule has 0 aliphatic carbocycles. The van der Waals surface area contributed by atoms with Crippen LogP contribution in [0.15, 0.2) is 37.1 Å². The van der Waals surface area contributed by atoms with Gasteiger partial charge in [0.05, 0.1) is 42.8 Å². The zero-order valence-electron chi connectivity index (χ0n) is 21.3. The lowest BCUT2D eigenvalue weighted by atomic mass is 10.2. The van der Waals surface area contributed by atoms with Crippen LogP contribution in [0.2, 0.25) is 0 Å². The Morgan fingerprint density at radius 3 is 2.69 bits per heavy atom. The number of fused-ring (bicyclic) bond motifs is 1. The summed E-state index contributed by atoms with van der Waals surface area (Å²) in [6.45, 7) is 8.01. The van der Waals surface area contributed by atoms with Crippen LogP contribution in [0, 0.1) is 0 Å². The lowest BCUT2D eigenvalue weighted by Crippen LogP contribution is -2.37. The molecule has 1 amide bonds. The largest absolute Gasteiger partial charge is 0.494 e. The van der Waals surface area contributed by atoms with Gasteiger partial charge in [-0.3, -0.25) is 4.79 Å². The number of benzene rings is 1. The summed E-state index contributed by atoms with van der Waals surface area (Å²) in [7, 11) is 7.63. The highest BCUT2D eigenvalue weighted by molar-refractivity contribution is 6.02. The molecule has 0 radical (unpaired) electrons. The van der Waals surface area contributed by atoms with Crippen molar-refractivity contribution in [2.75, 3.05) is 88.1 Å². The number of morpholine rings is 1. The fourth-order valence-corrected chi connectivity index (χ4v) is 4.02. The van der Waals surface area contributed by atoms with Gasteiger partial charge in [-0.1, -0.05) is 6.58 Å². The Hall–Kier alpha value is -3.83. The minimum absolute atomic E-state index is 0.299. The maximum atomic E-state index is 12.2. The number of hydrogen-bond donors (Lipinski definition) is 3. The molecule has 0 unspecified atom stereocenters. The molecular formula is C25H34N8O3. The summed E-state index contributed by atoms with van der Waals surface area (Å²) in [6.07, 6.45) is 3.10. The minimum atomic E-state index is -0.299. The van der Waals surface area contributed by atoms with E-state index in [4.69, 9.17) is 14.5 Å². The van der Waals surface area contributed by atoms with Gasteiger partial charge in [0.1, 0.15) is 17.2 Å². The van der Waals surface area contributed by atoms with Crippen LogP contribution < -0.4 is 25.2 Å². The van der Waals surface area contributed by atoms with E-state index >= 15 is 0 Å². The van der Waals surface area contributed by atoms with E-state index in [9.17, 15) is 4.79 Å². The summed E-state index contributed by atoms with van der Waals surface area (Å²) in [5, 5.41) is 7.17. The molecular weight excluding hydrogens is 460 g/mol. The topological polar surface area (TPSA) is 111 Å². The van der Waals surface area contributed by atoms with Crippen molar-refractivity contribution in [3.05, 3.63) is 37.1 Å². The van der Waals surface area contributed by atoms with Crippen LogP contribution in [-0.2, 0) is 9.53 Å². The maximum absolute atomic E-state index is 12.2. The molecule has 1 aliphatic heterocycles. The molecule has 11 heteroatoms. The molecule has 36 heavy (non-hydrogen) atoms. The zero-order valence-corrected chi connectivity index (χ0v) is 21.3. The summed E-state index contributed by atoms with van der Waals surface area (Å²) in [5.41, 5.74) is 2.80. The van der Waals surface area contributed by atoms with Crippen molar-refractivity contribution in [3.63, 3.8) is 0 Å². The Balaban J connectivity index is 1.72. The number of hydrogen-bond acceptors (Lipinski definition) is 9. The first-order valence-corrected chi connectivity index (χ1v) is 11.9. The van der Waals surface area contributed by atoms with Crippen molar-refractivity contribution >= 4 is 45.8 Å². The summed E-state index contributed by atoms with van der Waals surface area (Å²) in [4.78, 5) is 31.3. The number of anilines is 5. The van der Waals surface area contributed by atoms with Crippen LogP contribution in [0.4, 0.5) is 28.8 Å². The van der Waals surface area contributed by atoms with Crippen LogP contribution in [0.5, 0.6) is 5.75 Å². The third-order valence-corrected chi connectivity index (χ3v) is 6.01. The summed E-state index contributed by atoms with van der Waals surface area (Å²) in [5.74, 6) is 1.55. The Kier molecular flexibility index (Phi) is 7.91. The first-order valence-electron chi connectivity index (χ1n) is 11.9. The molecule has 4 rings (SSSR count). The van der Waals surface area contributed by atoms with Crippen molar-refractivity contribution < 1.29 is 14.3 Å². The number of nitrogens with zero attached hydrogens (tertiary/aromatic N) is 5. The number of methoxy groups -OCH3 is 1. The van der Waals surface area contributed by atoms with Gasteiger partial charge in [-0.2, -0.15) is 9.97 Å². The number of ether oxygens (including phenoxy) is 2. The van der Waals surface area contributed by atoms with E-state index in [1.807, 2.05) is 45.5 Å². The summed E-state index contributed by atoms with van der Waals surface area (Å²) >= 11 is 0. The van der Waals surface area contributed by atoms with Crippen molar-refractivity contribution in [2.45, 2.75) is 0 Å². The predicted octanol–water partition coefficient (Wildman–Crippen LogP) is 2.67. The molecule has 3 N–H and O–H groups in total. The van der Waals surface area contributed by atoms with E-state index in [1.165, 1.54) is 6.08 Å². The zero-order chi connectivity index (χ0) is 25.7. The fourth-order valence-electron chi connectivity index (χ4n) is 4.02. The second-order valence-electron chi connectivity index (χ2n) is 8.82. The minimum Gasteiger partial charge on any atom is -0.494 e. The monoisotopic (exact) mass is 494 g/mol. The Morgan fingerprint density at radius 1 is 1.22 bits per heavy atom. The highest BCUT2D eigenvalue weighted by Gasteiger charge is 2.20. The smallest absolute Gasteiger partial charge is 0.247 e. The van der Waals surface area contributed by atoms with E-state index in [1.54, 1.807) is 7.11 Å². The van der Waals surface area contributed by atoms with Crippen LogP contribution in [0.3, 0.4) is 0 Å². The molecule has 1 aliphatic rings. The van der Waals surface area contributed by atoms with Crippen LogP contribution in [0.1, 0.15) is 0 Å². The van der Waals surface area contributed by atoms with Crippen LogP contribution in [-0.4, -0.2) is 93.4 Å². The van der Waals surface area contributed by atoms with E-state index in [2.05, 4.69) is 41.9 Å². The molecule has 11 nitrogen and oxygen atoms in total. The van der Waals surface area contributed by atoms with Gasteiger partial charge in [-0.15, -0.1) is 0 Å². The molecule has 3 aromatic rings. The number of aromatic nitrogens is 3. The second kappa shape index (κ2) is 11.3. The molecule has 1 saturated heterocycles. The van der Waals surface area contributed by atoms with Crippen molar-refractivity contribution in [3.8, 4) is 5.75 Å². The highest BCUT2D eigenvalue weighted by Crippen LogP contribution is 2.38. The van der Waals surface area contributed by atoms with Gasteiger partial charge in [0.2, 0.25) is 11.9 Å². The second-order valence-corrected chi connectivity index (χ2v) is 8.82. The SMILES string of the molecule is C=CC(=O)Nc1cc(Nc2nc(N3CCOCC3)c3cc[nH]c3n2)c(OC)cc1N(C)CCN(C)C. The number of amides is 1. The molecule has 0 atom stereocenters. The quantitative estimate of drug-likeness (QED) is 0.366. The number of aromatic amines is 1. The van der Waals surface area contributed by atoms with Crippen molar-refractivity contribution in [1.82, 2.24) is 19.9 Å². The van der Waals surface area contributed by atoms with Crippen LogP contribution in [0.25, 0.3) is 11.0 Å². The first-order chi connectivity index (χ1) is 17.4. The highest BCUT2D eigenvalue weighted by atomic mass is 16.5. The molecule has 1 aromatic carbocycles. The third-order valence-electron chi connectivity index (χ3n) is 6.01. The predicted molar refractivity (Wildman–Crippen MR) is 144 cm³/mol. The number of carbonyl (C=O) groups excluding carboxylic acids is 1. The summed E-state index contributed by atoms with van der Waals surface area (Å²) < 4.78 is 11.2. The molecule has 0 bridgehead atoms. The first kappa shape index (κ1) is 25.3. The Morgan fingerprint density at radius 2 is 2.00 bits per heavy atom. The molecule has 3 heterocycles. The van der Waals surface area contributed by atoms with E-state index < -0.39 is 0 Å². The van der Waals surface area contributed by atoms with Gasteiger partial charge in [-0.25, -0.2) is 0 Å². The molecule has 1 fully saturated rings. The average molecular weight is 495 g/mol. The van der Waals surface area contributed by atoms with Crippen LogP contribution >= 0.6 is 0 Å². The van der Waals surface area contributed by atoms with Gasteiger partial charge in [0, 0.05) is 45.5 Å². The Bertz CT molecular complexity index is 1220. The fraction of sp³-hybridized carbons (Fsp3) is 0.400. The molecule has 2 aromatic heterocycles. The number of H-pyrrole nitrogens is 1. The molecule has 0 saturated carbocycles. The average Bonchev–Trinajstić information content (AvgIpc) is 3.36. The van der Waals surface area contributed by atoms with E-state index in [0.717, 1.165) is 48.7 Å². The number of nitrogens with one attached hydrogen (secondary N) is 3. The van der Waals surface area contributed by atoms with E-state index in [0.29, 0.717) is 36.3 Å². The lowest BCUT2D eigenvalue weighted by molar-refractivity contribution is -0.111. The van der Waals surface area contributed by atoms with Gasteiger partial charge in [0.25, 0.3) is 0 Å². The van der Waals surface area contributed by atoms with Gasteiger partial charge in [0.15, 0.2) is 0 Å². The maximum Gasteiger partial charge on any atom is 0.247 e. The number of carbonyl (C=O) groups is 1. The summed E-state index contributed by atoms with van der Waals surface area (Å²) in [6, 6.07) is 5.71. The van der Waals surface area contributed by atoms with Gasteiger partial charge in [-0.05, 0) is 32.3 Å². The number of likely N-dealkylation sites (N-methyl/N-ethyl adjacent to an activating group) is 2. The Labute approximate surface area is 211 Å².